The Balaban J connectivity index is 1.36. The van der Waals surface area contributed by atoms with Gasteiger partial charge >= 0.3 is 393 Å². The van der Waals surface area contributed by atoms with Crippen molar-refractivity contribution in [1.82, 2.24) is 0 Å². The van der Waals surface area contributed by atoms with Crippen molar-refractivity contribution < 1.29 is 17.4 Å². The van der Waals surface area contributed by atoms with Crippen LogP contribution in [0.15, 0.2) is 132 Å². The first-order valence-electron chi connectivity index (χ1n) is 23.8. The van der Waals surface area contributed by atoms with Gasteiger partial charge in [-0.15, -0.1) is 0 Å². The zero-order chi connectivity index (χ0) is 46.6. The summed E-state index contributed by atoms with van der Waals surface area (Å²) in [5, 5.41) is 0. The maximum absolute atomic E-state index is 4.13. The zero-order valence-electron chi connectivity index (χ0n) is 42.1. The van der Waals surface area contributed by atoms with Gasteiger partial charge in [-0.1, -0.05) is 0 Å². The van der Waals surface area contributed by atoms with Crippen LogP contribution in [0, 0.1) is 0 Å². The van der Waals surface area contributed by atoms with E-state index in [1.165, 1.54) is 89.0 Å². The van der Waals surface area contributed by atoms with Crippen LogP contribution in [-0.2, 0) is 39.1 Å². The number of hydrogen-bond acceptors (Lipinski definition) is 0. The fourth-order valence-electron chi connectivity index (χ4n) is 11.5. The molecular weight excluding hydrogens is 864 g/mol. The molecule has 6 aromatic carbocycles. The van der Waals surface area contributed by atoms with Crippen molar-refractivity contribution in [2.45, 2.75) is 135 Å². The molecule has 2 aliphatic carbocycles. The summed E-state index contributed by atoms with van der Waals surface area (Å²) in [7, 11) is 0. The Hall–Kier alpha value is -4.10. The van der Waals surface area contributed by atoms with Gasteiger partial charge in [0.15, 0.2) is 0 Å². The quantitative estimate of drug-likeness (QED) is 0.146. The fourth-order valence-corrected chi connectivity index (χ4v) is 32.5. The SMILES string of the molecule is CC1=Cc2c(-c3ccc(C(C)(C)C)cc3)ccc(-c3ccc(C(C)(C)C)cc3)c2[CH]1[Zr]([CH3])([CH3])(=[SiH2])[CH]1C(C)=Cc2c(-c3ccc(C(C)(C)C)cc3)ccc(-c3ccc(C(C)(C)C)cc3)c21. The molecule has 2 heteroatoms. The van der Waals surface area contributed by atoms with E-state index < -0.39 is 17.4 Å². The van der Waals surface area contributed by atoms with Crippen LogP contribution in [0.5, 0.6) is 0 Å². The molecule has 0 fully saturated rings. The van der Waals surface area contributed by atoms with E-state index in [9.17, 15) is 0 Å². The Labute approximate surface area is 390 Å². The molecule has 0 saturated heterocycles. The average molecular weight is 939 g/mol. The van der Waals surface area contributed by atoms with Gasteiger partial charge in [0.25, 0.3) is 0 Å². The first-order chi connectivity index (χ1) is 29.6. The summed E-state index contributed by atoms with van der Waals surface area (Å²) in [5.74, 6) is 0. The molecule has 0 aromatic heterocycles. The third kappa shape index (κ3) is 8.34. The van der Waals surface area contributed by atoms with Crippen LogP contribution in [0.3, 0.4) is 0 Å². The van der Waals surface area contributed by atoms with Crippen molar-refractivity contribution in [2.24, 2.45) is 0 Å². The predicted octanol–water partition coefficient (Wildman–Crippen LogP) is 17.5. The monoisotopic (exact) mass is 936 g/mol. The summed E-state index contributed by atoms with van der Waals surface area (Å²) >= 11 is -4.13. The zero-order valence-corrected chi connectivity index (χ0v) is 45.9. The van der Waals surface area contributed by atoms with Crippen molar-refractivity contribution >= 4 is 19.0 Å². The molecule has 2 atom stereocenters. The van der Waals surface area contributed by atoms with E-state index in [1.54, 1.807) is 11.1 Å². The normalized spacial score (nSPS) is 17.0. The number of fused-ring (bicyclic) bond motifs is 2. The summed E-state index contributed by atoms with van der Waals surface area (Å²) in [5.41, 5.74) is 25.6. The van der Waals surface area contributed by atoms with Crippen LogP contribution in [0.25, 0.3) is 56.7 Å². The summed E-state index contributed by atoms with van der Waals surface area (Å²) in [6.45, 7) is 35.1. The predicted molar refractivity (Wildman–Crippen MR) is 282 cm³/mol. The third-order valence-corrected chi connectivity index (χ3v) is 32.8. The van der Waals surface area contributed by atoms with Crippen LogP contribution in [-0.4, -0.2) is 6.88 Å². The van der Waals surface area contributed by atoms with E-state index in [2.05, 4.69) is 247 Å². The van der Waals surface area contributed by atoms with Crippen LogP contribution in [0.1, 0.15) is 149 Å². The van der Waals surface area contributed by atoms with E-state index in [4.69, 9.17) is 0 Å². The Bertz CT molecular complexity index is 2700. The van der Waals surface area contributed by atoms with Crippen LogP contribution in [0.4, 0.5) is 0 Å². The third-order valence-electron chi connectivity index (χ3n) is 15.0. The summed E-state index contributed by atoms with van der Waals surface area (Å²) in [4.78, 5) is 0. The average Bonchev–Trinajstić information content (AvgIpc) is 3.77. The Kier molecular flexibility index (Phi) is 11.4. The molecule has 0 heterocycles. The van der Waals surface area contributed by atoms with Gasteiger partial charge in [0.1, 0.15) is 0 Å². The van der Waals surface area contributed by atoms with E-state index in [0.29, 0.717) is 7.25 Å². The Morgan fingerprint density at radius 2 is 0.562 bits per heavy atom. The van der Waals surface area contributed by atoms with Gasteiger partial charge in [-0.2, -0.15) is 0 Å². The van der Waals surface area contributed by atoms with Crippen molar-refractivity contribution in [2.75, 3.05) is 0 Å². The molecule has 0 bridgehead atoms. The number of allylic oxidation sites excluding steroid dienone is 2. The first kappa shape index (κ1) is 46.4. The molecule has 0 aliphatic heterocycles. The van der Waals surface area contributed by atoms with Crippen molar-refractivity contribution in [3.63, 3.8) is 0 Å². The van der Waals surface area contributed by atoms with E-state index in [-0.39, 0.29) is 21.7 Å². The number of benzene rings is 6. The summed E-state index contributed by atoms with van der Waals surface area (Å²) in [6.07, 6.45) is 5.20. The molecule has 8 rings (SSSR count). The van der Waals surface area contributed by atoms with Gasteiger partial charge < -0.3 is 0 Å². The fraction of sp³-hybridized carbons (Fsp3) is 0.355. The van der Waals surface area contributed by atoms with E-state index >= 15 is 0 Å². The van der Waals surface area contributed by atoms with Crippen molar-refractivity contribution in [1.29, 1.82) is 0 Å². The number of hydrogen-bond donors (Lipinski definition) is 0. The molecule has 0 N–H and O–H groups in total. The van der Waals surface area contributed by atoms with Gasteiger partial charge in [-0.25, -0.2) is 0 Å². The van der Waals surface area contributed by atoms with Crippen LogP contribution in [0.2, 0.25) is 9.26 Å². The van der Waals surface area contributed by atoms with Crippen LogP contribution < -0.4 is 0 Å². The molecule has 0 amide bonds. The molecule has 0 spiro atoms. The molecule has 0 radical (unpaired) electrons. The van der Waals surface area contributed by atoms with Gasteiger partial charge in [-0.3, -0.25) is 0 Å². The second-order valence-electron chi connectivity index (χ2n) is 24.9. The van der Waals surface area contributed by atoms with Gasteiger partial charge in [0, 0.05) is 0 Å². The minimum atomic E-state index is -4.13. The molecular formula is C62H74SiZr. The van der Waals surface area contributed by atoms with Gasteiger partial charge in [0.2, 0.25) is 0 Å². The second-order valence-corrected chi connectivity index (χ2v) is 55.3. The molecule has 2 unspecified atom stereocenters. The Morgan fingerprint density at radius 3 is 0.797 bits per heavy atom. The topological polar surface area (TPSA) is 0 Å². The van der Waals surface area contributed by atoms with Crippen LogP contribution >= 0.6 is 0 Å². The minimum absolute atomic E-state index is 0.0925. The standard InChI is InChI=1S/2C30H33.2CH3.H2Si.Zr/c2*1-20-18-27-25(21-8-12-23(13-9-21)29(2,3)4)16-17-26(28(27)19-20)22-10-14-24(15-11-22)30(5,6)7;;;;/h2*8-19H,1-7H3;2*1H3;1H2;. The van der Waals surface area contributed by atoms with E-state index in [1.807, 2.05) is 0 Å². The summed E-state index contributed by atoms with van der Waals surface area (Å²) < 4.78 is 6.32. The maximum atomic E-state index is 2.81. The molecule has 2 aliphatic rings. The van der Waals surface area contributed by atoms with Gasteiger partial charge in [0.05, 0.1) is 0 Å². The van der Waals surface area contributed by atoms with E-state index in [0.717, 1.165) is 0 Å². The molecule has 6 aromatic rings. The number of rotatable bonds is 6. The first-order valence-corrected chi connectivity index (χ1v) is 37.5. The van der Waals surface area contributed by atoms with Gasteiger partial charge in [-0.05, 0) is 0 Å². The molecule has 0 saturated carbocycles. The van der Waals surface area contributed by atoms with Crippen molar-refractivity contribution in [3.8, 4) is 44.5 Å². The Morgan fingerprint density at radius 1 is 0.344 bits per heavy atom. The molecule has 0 nitrogen and oxygen atoms in total. The second kappa shape index (κ2) is 15.8. The molecule has 330 valence electrons. The molecule has 64 heavy (non-hydrogen) atoms. The van der Waals surface area contributed by atoms with Crippen molar-refractivity contribution in [3.05, 3.63) is 177 Å². The summed E-state index contributed by atoms with van der Waals surface area (Å²) in [6, 6.07) is 47.8.